The third kappa shape index (κ3) is 5.74. The molecule has 1 amide bonds. The number of nitrogens with one attached hydrogen (secondary N) is 2. The average Bonchev–Trinajstić information content (AvgIpc) is 2.76. The fourth-order valence-electron chi connectivity index (χ4n) is 3.12. The molecule has 0 saturated heterocycles. The number of carbonyl (C=O) groups excluding carboxylic acids is 1. The summed E-state index contributed by atoms with van der Waals surface area (Å²) in [6.45, 7) is 3.87. The summed E-state index contributed by atoms with van der Waals surface area (Å²) in [5.41, 5.74) is 1.89. The van der Waals surface area contributed by atoms with E-state index in [0.717, 1.165) is 29.1 Å². The van der Waals surface area contributed by atoms with E-state index < -0.39 is 20.3 Å². The highest BCUT2D eigenvalue weighted by atomic mass is 32.2. The van der Waals surface area contributed by atoms with Crippen molar-refractivity contribution >= 4 is 33.2 Å². The summed E-state index contributed by atoms with van der Waals surface area (Å²) in [5.74, 6) is 0.270. The number of sulfone groups is 1. The molecule has 0 aliphatic heterocycles. The SMILES string of the molecule is COc1ccc(S(=O)(=O)c2cnc(SCC(=O)Nc3cc(C)cc(C)c3)[nH]c2=O)cc1OC. The number of aromatic amines is 1. The van der Waals surface area contributed by atoms with E-state index in [1.54, 1.807) is 0 Å². The van der Waals surface area contributed by atoms with Gasteiger partial charge in [0.1, 0.15) is 0 Å². The van der Waals surface area contributed by atoms with Crippen LogP contribution in [-0.2, 0) is 14.6 Å². The minimum atomic E-state index is -4.15. The maximum absolute atomic E-state index is 12.9. The van der Waals surface area contributed by atoms with Gasteiger partial charge in [0.05, 0.1) is 31.1 Å². The van der Waals surface area contributed by atoms with Crippen molar-refractivity contribution in [2.24, 2.45) is 0 Å². The number of ether oxygens (including phenoxy) is 2. The van der Waals surface area contributed by atoms with Gasteiger partial charge in [0.15, 0.2) is 21.6 Å². The predicted octanol–water partition coefficient (Wildman–Crippen LogP) is 2.97. The Bertz CT molecular complexity index is 1330. The van der Waals surface area contributed by atoms with E-state index >= 15 is 0 Å². The number of H-pyrrole nitrogens is 1. The number of thioether (sulfide) groups is 1. The molecule has 3 aromatic rings. The minimum absolute atomic E-state index is 0.0162. The van der Waals surface area contributed by atoms with Crippen molar-refractivity contribution in [3.05, 3.63) is 64.1 Å². The third-order valence-electron chi connectivity index (χ3n) is 4.54. The van der Waals surface area contributed by atoms with Crippen LogP contribution in [-0.4, -0.2) is 44.3 Å². The van der Waals surface area contributed by atoms with Crippen molar-refractivity contribution in [2.45, 2.75) is 28.8 Å². The second-order valence-electron chi connectivity index (χ2n) is 7.12. The zero-order chi connectivity index (χ0) is 24.2. The van der Waals surface area contributed by atoms with Crippen molar-refractivity contribution < 1.29 is 22.7 Å². The molecule has 0 atom stereocenters. The summed E-state index contributed by atoms with van der Waals surface area (Å²) in [5, 5.41) is 2.91. The fraction of sp³-hybridized carbons (Fsp3) is 0.227. The zero-order valence-corrected chi connectivity index (χ0v) is 20.1. The molecule has 0 spiro atoms. The standard InChI is InChI=1S/C22H23N3O6S2/c1-13-7-14(2)9-15(8-13)24-20(26)12-32-22-23-11-19(21(27)25-22)33(28,29)16-5-6-17(30-3)18(10-16)31-4/h5-11H,12H2,1-4H3,(H,24,26)(H,23,25,27). The Balaban J connectivity index is 1.74. The van der Waals surface area contributed by atoms with Crippen LogP contribution in [0.3, 0.4) is 0 Å². The van der Waals surface area contributed by atoms with Gasteiger partial charge in [-0.15, -0.1) is 0 Å². The average molecular weight is 490 g/mol. The van der Waals surface area contributed by atoms with Gasteiger partial charge in [-0.1, -0.05) is 17.8 Å². The van der Waals surface area contributed by atoms with Crippen molar-refractivity contribution in [1.82, 2.24) is 9.97 Å². The summed E-state index contributed by atoms with van der Waals surface area (Å²) in [4.78, 5) is 30.5. The van der Waals surface area contributed by atoms with E-state index in [-0.39, 0.29) is 27.5 Å². The lowest BCUT2D eigenvalue weighted by Gasteiger charge is -2.10. The number of aryl methyl sites for hydroxylation is 2. The first-order valence-corrected chi connectivity index (χ1v) is 12.2. The number of rotatable bonds is 8. The van der Waals surface area contributed by atoms with Crippen LogP contribution in [0, 0.1) is 13.8 Å². The van der Waals surface area contributed by atoms with Gasteiger partial charge in [-0.2, -0.15) is 0 Å². The molecule has 9 nitrogen and oxygen atoms in total. The molecule has 1 aromatic heterocycles. The second-order valence-corrected chi connectivity index (χ2v) is 10.00. The van der Waals surface area contributed by atoms with Gasteiger partial charge >= 0.3 is 0 Å². The van der Waals surface area contributed by atoms with Gasteiger partial charge < -0.3 is 19.8 Å². The number of amides is 1. The van der Waals surface area contributed by atoms with E-state index in [0.29, 0.717) is 11.4 Å². The topological polar surface area (TPSA) is 127 Å². The van der Waals surface area contributed by atoms with Crippen LogP contribution in [0.25, 0.3) is 0 Å². The quantitative estimate of drug-likeness (QED) is 0.365. The van der Waals surface area contributed by atoms with Crippen LogP contribution in [0.4, 0.5) is 5.69 Å². The molecule has 33 heavy (non-hydrogen) atoms. The number of benzene rings is 2. The van der Waals surface area contributed by atoms with Gasteiger partial charge in [0.25, 0.3) is 5.56 Å². The maximum atomic E-state index is 12.9. The Morgan fingerprint density at radius 3 is 2.33 bits per heavy atom. The lowest BCUT2D eigenvalue weighted by atomic mass is 10.1. The summed E-state index contributed by atoms with van der Waals surface area (Å²) in [6, 6.07) is 9.72. The van der Waals surface area contributed by atoms with Crippen LogP contribution >= 0.6 is 11.8 Å². The Kier molecular flexibility index (Phi) is 7.44. The van der Waals surface area contributed by atoms with E-state index in [2.05, 4.69) is 15.3 Å². The van der Waals surface area contributed by atoms with Crippen molar-refractivity contribution in [2.75, 3.05) is 25.3 Å². The molecule has 0 saturated carbocycles. The molecule has 0 fully saturated rings. The largest absolute Gasteiger partial charge is 0.493 e. The normalized spacial score (nSPS) is 11.2. The van der Waals surface area contributed by atoms with E-state index in [1.807, 2.05) is 32.0 Å². The molecule has 11 heteroatoms. The summed E-state index contributed by atoms with van der Waals surface area (Å²) in [6.07, 6.45) is 0.981. The Labute approximate surface area is 195 Å². The van der Waals surface area contributed by atoms with E-state index in [4.69, 9.17) is 9.47 Å². The number of methoxy groups -OCH3 is 2. The molecule has 1 heterocycles. The Morgan fingerprint density at radius 1 is 1.06 bits per heavy atom. The van der Waals surface area contributed by atoms with Gasteiger partial charge in [0, 0.05) is 11.8 Å². The van der Waals surface area contributed by atoms with Crippen LogP contribution in [0.2, 0.25) is 0 Å². The van der Waals surface area contributed by atoms with Crippen LogP contribution in [0.5, 0.6) is 11.5 Å². The number of aromatic nitrogens is 2. The summed E-state index contributed by atoms with van der Waals surface area (Å²) >= 11 is 0.986. The van der Waals surface area contributed by atoms with Crippen molar-refractivity contribution in [3.63, 3.8) is 0 Å². The lowest BCUT2D eigenvalue weighted by Crippen LogP contribution is -2.20. The molecule has 0 aliphatic rings. The Morgan fingerprint density at radius 2 is 1.73 bits per heavy atom. The van der Waals surface area contributed by atoms with Gasteiger partial charge in [-0.25, -0.2) is 13.4 Å². The van der Waals surface area contributed by atoms with E-state index in [9.17, 15) is 18.0 Å². The van der Waals surface area contributed by atoms with Crippen LogP contribution < -0.4 is 20.3 Å². The molecular weight excluding hydrogens is 466 g/mol. The number of carbonyl (C=O) groups is 1. The number of hydrogen-bond donors (Lipinski definition) is 2. The number of nitrogens with zero attached hydrogens (tertiary/aromatic N) is 1. The first-order chi connectivity index (χ1) is 15.6. The molecule has 3 rings (SSSR count). The van der Waals surface area contributed by atoms with Gasteiger partial charge in [0.2, 0.25) is 15.7 Å². The molecule has 174 valence electrons. The third-order valence-corrected chi connectivity index (χ3v) is 7.18. The summed E-state index contributed by atoms with van der Waals surface area (Å²) < 4.78 is 36.1. The molecule has 0 aliphatic carbocycles. The number of hydrogen-bond acceptors (Lipinski definition) is 8. The smallest absolute Gasteiger partial charge is 0.270 e. The first kappa shape index (κ1) is 24.3. The van der Waals surface area contributed by atoms with Gasteiger partial charge in [-0.05, 0) is 49.2 Å². The molecule has 0 bridgehead atoms. The maximum Gasteiger partial charge on any atom is 0.270 e. The highest BCUT2D eigenvalue weighted by molar-refractivity contribution is 7.99. The first-order valence-electron chi connectivity index (χ1n) is 9.71. The number of anilines is 1. The lowest BCUT2D eigenvalue weighted by molar-refractivity contribution is -0.113. The van der Waals surface area contributed by atoms with Crippen LogP contribution in [0.1, 0.15) is 11.1 Å². The predicted molar refractivity (Wildman–Crippen MR) is 125 cm³/mol. The van der Waals surface area contributed by atoms with Crippen molar-refractivity contribution in [3.8, 4) is 11.5 Å². The highest BCUT2D eigenvalue weighted by Crippen LogP contribution is 2.31. The monoisotopic (exact) mass is 489 g/mol. The zero-order valence-electron chi connectivity index (χ0n) is 18.5. The molecule has 2 aromatic carbocycles. The van der Waals surface area contributed by atoms with Gasteiger partial charge in [-0.3, -0.25) is 9.59 Å². The molecule has 0 radical (unpaired) electrons. The highest BCUT2D eigenvalue weighted by Gasteiger charge is 2.24. The molecule has 0 unspecified atom stereocenters. The summed E-state index contributed by atoms with van der Waals surface area (Å²) in [7, 11) is -1.34. The molecular formula is C22H23N3O6S2. The Hall–Kier alpha value is -3.31. The van der Waals surface area contributed by atoms with E-state index in [1.165, 1.54) is 32.4 Å². The van der Waals surface area contributed by atoms with Crippen LogP contribution in [0.15, 0.2) is 62.3 Å². The molecule has 2 N–H and O–H groups in total. The fourth-order valence-corrected chi connectivity index (χ4v) is 5.00. The minimum Gasteiger partial charge on any atom is -0.493 e. The second kappa shape index (κ2) is 10.1. The van der Waals surface area contributed by atoms with Crippen molar-refractivity contribution in [1.29, 1.82) is 0 Å².